The van der Waals surface area contributed by atoms with Gasteiger partial charge in [0.05, 0.1) is 6.54 Å². The molecule has 0 radical (unpaired) electrons. The zero-order valence-electron chi connectivity index (χ0n) is 41.7. The highest BCUT2D eigenvalue weighted by atomic mass is 15.1. The highest BCUT2D eigenvalue weighted by Gasteiger charge is 2.12. The van der Waals surface area contributed by atoms with Crippen LogP contribution in [0.5, 0.6) is 0 Å². The van der Waals surface area contributed by atoms with E-state index in [2.05, 4.69) is 295 Å². The highest BCUT2D eigenvalue weighted by molar-refractivity contribution is 5.82. The van der Waals surface area contributed by atoms with Gasteiger partial charge in [0, 0.05) is 4.91 Å². The van der Waals surface area contributed by atoms with E-state index in [0.717, 1.165) is 50.1 Å². The smallest absolute Gasteiger partial charge is 0.0517 e. The fourth-order valence-corrected chi connectivity index (χ4v) is 10.7. The molecule has 34 aliphatic rings. The quantitative estimate of drug-likeness (QED) is 0.0942. The zero-order valence-corrected chi connectivity index (χ0v) is 41.7. The van der Waals surface area contributed by atoms with Gasteiger partial charge in [-0.1, -0.05) is 290 Å². The van der Waals surface area contributed by atoms with Crippen molar-refractivity contribution in [1.82, 2.24) is 0 Å². The van der Waals surface area contributed by atoms with Crippen LogP contribution < -0.4 is 0 Å². The molecule has 76 heavy (non-hydrogen) atoms. The van der Waals surface area contributed by atoms with Crippen molar-refractivity contribution in [1.29, 1.82) is 0 Å². The molecule has 0 amide bonds. The standard InChI is InChI=1S/C73H49N3/c74-76-75-48-72-47-71-45-46-73(72)70-43-41-68(42-44-70)66-35-33-64(34-36-66)62-27-25-60(26-28-62)58-19-17-56(18-20-58)54-11-9-52(10-12-54)50-3-1-49(2-4-50)51-5-7-53(8-6-51)55-13-15-57(16-14-55)59-21-23-61(24-22-59)63-29-31-65(32-30-63)67-37-39-69(71)40-38-67/h1-47H,48H2. The first-order valence-electron chi connectivity index (χ1n) is 25.8. The topological polar surface area (TPSA) is 48.8 Å². The molecule has 0 unspecified atom stereocenters. The summed E-state index contributed by atoms with van der Waals surface area (Å²) < 4.78 is 0. The molecule has 24 bridgehead atoms. The first kappa shape index (κ1) is 45.8. The lowest BCUT2D eigenvalue weighted by Crippen LogP contribution is -1.91. The van der Waals surface area contributed by atoms with Crippen molar-refractivity contribution in [3.63, 3.8) is 0 Å². The van der Waals surface area contributed by atoms with Crippen LogP contribution in [0.2, 0.25) is 0 Å². The first-order chi connectivity index (χ1) is 37.5. The van der Waals surface area contributed by atoms with Gasteiger partial charge in [0.1, 0.15) is 0 Å². The van der Waals surface area contributed by atoms with Gasteiger partial charge >= 0.3 is 0 Å². The molecular formula is C73H49N3. The normalized spacial score (nSPS) is 11.2. The fourth-order valence-electron chi connectivity index (χ4n) is 10.7. The van der Waals surface area contributed by atoms with Crippen molar-refractivity contribution in [3.05, 3.63) is 301 Å². The Kier molecular flexibility index (Phi) is 12.1. The van der Waals surface area contributed by atoms with E-state index in [1.165, 1.54) is 89.0 Å². The molecule has 34 aliphatic carbocycles. The van der Waals surface area contributed by atoms with Gasteiger partial charge in [-0.2, -0.15) is 0 Å². The second kappa shape index (κ2) is 20.1. The number of hydrogen-bond donors (Lipinski definition) is 0. The van der Waals surface area contributed by atoms with E-state index in [1.54, 1.807) is 0 Å². The summed E-state index contributed by atoms with van der Waals surface area (Å²) in [5, 5.41) is 4.00. The van der Waals surface area contributed by atoms with Crippen LogP contribution in [-0.4, -0.2) is 0 Å². The van der Waals surface area contributed by atoms with E-state index in [-0.39, 0.29) is 6.54 Å². The Morgan fingerprint density at radius 2 is 0.342 bits per heavy atom. The summed E-state index contributed by atoms with van der Waals surface area (Å²) >= 11 is 0. The Morgan fingerprint density at radius 3 is 0.513 bits per heavy atom. The molecule has 12 aromatic carbocycles. The fraction of sp³-hybridized carbons (Fsp3) is 0.0137. The van der Waals surface area contributed by atoms with Gasteiger partial charge in [0.25, 0.3) is 0 Å². The minimum atomic E-state index is 0.261. The summed E-state index contributed by atoms with van der Waals surface area (Å²) in [7, 11) is 0. The predicted octanol–water partition coefficient (Wildman–Crippen LogP) is 20.8. The van der Waals surface area contributed by atoms with Crippen molar-refractivity contribution >= 4 is 0 Å². The van der Waals surface area contributed by atoms with E-state index >= 15 is 0 Å². The summed E-state index contributed by atoms with van der Waals surface area (Å²) in [6.07, 6.45) is 0. The van der Waals surface area contributed by atoms with Gasteiger partial charge in [-0.3, -0.25) is 0 Å². The first-order valence-corrected chi connectivity index (χ1v) is 25.8. The molecule has 0 atom stereocenters. The minimum Gasteiger partial charge on any atom is -0.0893 e. The van der Waals surface area contributed by atoms with E-state index in [1.807, 2.05) is 0 Å². The van der Waals surface area contributed by atoms with Crippen LogP contribution in [0, 0.1) is 0 Å². The van der Waals surface area contributed by atoms with Crippen molar-refractivity contribution in [2.24, 2.45) is 5.11 Å². The third-order valence-electron chi connectivity index (χ3n) is 15.1. The van der Waals surface area contributed by atoms with Crippen LogP contribution in [0.1, 0.15) is 5.56 Å². The Labute approximate surface area is 444 Å². The Bertz CT molecular complexity index is 4040. The number of nitrogens with zero attached hydrogens (tertiary/aromatic N) is 3. The van der Waals surface area contributed by atoms with Gasteiger partial charge in [0.15, 0.2) is 0 Å². The van der Waals surface area contributed by atoms with Crippen LogP contribution in [0.25, 0.3) is 144 Å². The zero-order chi connectivity index (χ0) is 50.8. The lowest BCUT2D eigenvalue weighted by atomic mass is 9.92. The largest absolute Gasteiger partial charge is 0.0893 e. The maximum Gasteiger partial charge on any atom is 0.0517 e. The summed E-state index contributed by atoms with van der Waals surface area (Å²) in [4.78, 5) is 3.11. The molecule has 0 aliphatic heterocycles. The van der Waals surface area contributed by atoms with Crippen LogP contribution in [0.3, 0.4) is 0 Å². The third kappa shape index (κ3) is 9.31. The molecule has 0 saturated heterocycles. The van der Waals surface area contributed by atoms with E-state index in [4.69, 9.17) is 0 Å². The van der Waals surface area contributed by atoms with Crippen molar-refractivity contribution in [2.45, 2.75) is 6.54 Å². The maximum atomic E-state index is 9.33. The van der Waals surface area contributed by atoms with Crippen LogP contribution in [0.4, 0.5) is 0 Å². The third-order valence-corrected chi connectivity index (χ3v) is 15.1. The Hall–Kier alpha value is -10.1. The molecule has 46 rings (SSSR count). The molecule has 3 heteroatoms. The van der Waals surface area contributed by atoms with Crippen molar-refractivity contribution < 1.29 is 0 Å². The molecule has 356 valence electrons. The van der Waals surface area contributed by atoms with E-state index in [0.29, 0.717) is 0 Å². The van der Waals surface area contributed by atoms with Gasteiger partial charge in [0.2, 0.25) is 0 Å². The van der Waals surface area contributed by atoms with Gasteiger partial charge in [-0.05, 0) is 145 Å². The maximum absolute atomic E-state index is 9.33. The summed E-state index contributed by atoms with van der Waals surface area (Å²) in [6, 6.07) is 104. The van der Waals surface area contributed by atoms with Crippen LogP contribution >= 0.6 is 0 Å². The monoisotopic (exact) mass is 967 g/mol. The summed E-state index contributed by atoms with van der Waals surface area (Å²) in [5.41, 5.74) is 38.3. The lowest BCUT2D eigenvalue weighted by Gasteiger charge is -2.13. The second-order valence-electron chi connectivity index (χ2n) is 19.6. The number of hydrogen-bond acceptors (Lipinski definition) is 1. The second-order valence-corrected chi connectivity index (χ2v) is 19.6. The summed E-state index contributed by atoms with van der Waals surface area (Å²) in [6.45, 7) is 0.261. The Morgan fingerprint density at radius 1 is 0.197 bits per heavy atom. The molecular weight excluding hydrogens is 919 g/mol. The molecule has 3 nitrogen and oxygen atoms in total. The molecule has 0 fully saturated rings. The summed E-state index contributed by atoms with van der Waals surface area (Å²) in [5.74, 6) is 0. The number of benzene rings is 12. The molecule has 0 saturated carbocycles. The predicted molar refractivity (Wildman–Crippen MR) is 318 cm³/mol. The minimum absolute atomic E-state index is 0.261. The number of azide groups is 1. The van der Waals surface area contributed by atoms with Crippen LogP contribution in [0.15, 0.2) is 290 Å². The molecule has 0 aromatic heterocycles. The van der Waals surface area contributed by atoms with Gasteiger partial charge in [-0.15, -0.1) is 0 Å². The van der Waals surface area contributed by atoms with E-state index in [9.17, 15) is 5.53 Å². The molecule has 0 heterocycles. The molecule has 0 N–H and O–H groups in total. The van der Waals surface area contributed by atoms with Gasteiger partial charge in [-0.25, -0.2) is 0 Å². The van der Waals surface area contributed by atoms with Crippen molar-refractivity contribution in [3.8, 4) is 134 Å². The van der Waals surface area contributed by atoms with Crippen molar-refractivity contribution in [2.75, 3.05) is 0 Å². The van der Waals surface area contributed by atoms with E-state index < -0.39 is 0 Å². The number of rotatable bonds is 2. The molecule has 12 aromatic rings. The SMILES string of the molecule is [N-]=[N+]=NCc1cc2ccc1-c1ccc(cc1)-c1ccc(cc1)-c1ccc(cc1)-c1ccc(cc1)-c1ccc(cc1)-c1ccc(cc1)-c1ccc(cc1)-c1ccc(cc1)-c1ccc(cc1)-c1ccc(cc1)-c1ccc-2cc1. The van der Waals surface area contributed by atoms with Crippen LogP contribution in [-0.2, 0) is 6.54 Å². The average Bonchev–Trinajstić information content (AvgIpc) is 3.51. The highest BCUT2D eigenvalue weighted by Crippen LogP contribution is 2.36. The van der Waals surface area contributed by atoms with Gasteiger partial charge < -0.3 is 0 Å². The Balaban J connectivity index is 0.794. The molecule has 0 spiro atoms. The average molecular weight is 968 g/mol. The lowest BCUT2D eigenvalue weighted by molar-refractivity contribution is 1.05.